The number of rotatable bonds is 2. The quantitative estimate of drug-likeness (QED) is 0.326. The molecule has 3 N–H and O–H groups in total. The van der Waals surface area contributed by atoms with Crippen molar-refractivity contribution in [3.63, 3.8) is 0 Å². The molecule has 5 aliphatic rings. The first-order valence-corrected chi connectivity index (χ1v) is 14.0. The number of carbonyl (C=O) groups excluding carboxylic acids is 1. The number of carboxylic acids is 1. The van der Waals surface area contributed by atoms with Crippen LogP contribution in [-0.4, -0.2) is 39.5 Å². The Hall–Kier alpha value is -1.69. The first-order chi connectivity index (χ1) is 16.7. The molecule has 0 radical (unpaired) electrons. The van der Waals surface area contributed by atoms with E-state index in [1.165, 1.54) is 5.57 Å². The van der Waals surface area contributed by atoms with Gasteiger partial charge in [-0.2, -0.15) is 0 Å². The second-order valence-corrected chi connectivity index (χ2v) is 14.7. The number of carbonyl (C=O) groups is 2. The summed E-state index contributed by atoms with van der Waals surface area (Å²) in [7, 11) is 0. The highest BCUT2D eigenvalue weighted by atomic mass is 16.4. The molecule has 5 aliphatic carbocycles. The number of aliphatic hydroxyl groups excluding tert-OH is 1. The number of ketones is 1. The van der Waals surface area contributed by atoms with Crippen molar-refractivity contribution >= 4 is 17.5 Å². The Kier molecular flexibility index (Phi) is 5.53. The summed E-state index contributed by atoms with van der Waals surface area (Å²) in [6.07, 6.45) is 9.36. The van der Waals surface area contributed by atoms with Crippen molar-refractivity contribution in [3.05, 3.63) is 11.6 Å². The number of fused-ring (bicyclic) bond motifs is 7. The van der Waals surface area contributed by atoms with Gasteiger partial charge in [-0.15, -0.1) is 0 Å². The number of hydrogen-bond donors (Lipinski definition) is 3. The van der Waals surface area contributed by atoms with Gasteiger partial charge in [-0.3, -0.25) is 9.59 Å². The predicted octanol–water partition coefficient (Wildman–Crippen LogP) is 5.85. The van der Waals surface area contributed by atoms with Crippen LogP contribution in [0.4, 0.5) is 0 Å². The Morgan fingerprint density at radius 3 is 2.31 bits per heavy atom. The molecule has 200 valence electrons. The number of oxime groups is 1. The third kappa shape index (κ3) is 2.97. The van der Waals surface area contributed by atoms with Gasteiger partial charge in [0.1, 0.15) is 0 Å². The molecule has 0 heterocycles. The van der Waals surface area contributed by atoms with Crippen LogP contribution in [0.3, 0.4) is 0 Å². The number of carboxylic acid groups (broad SMARTS) is 1. The zero-order valence-electron chi connectivity index (χ0n) is 23.0. The molecular weight excluding hydrogens is 454 g/mol. The van der Waals surface area contributed by atoms with E-state index in [1.54, 1.807) is 0 Å². The zero-order valence-corrected chi connectivity index (χ0v) is 23.0. The molecule has 0 spiro atoms. The van der Waals surface area contributed by atoms with E-state index in [0.717, 1.165) is 38.5 Å². The zero-order chi connectivity index (χ0) is 26.5. The van der Waals surface area contributed by atoms with E-state index >= 15 is 0 Å². The Bertz CT molecular complexity index is 1070. The highest BCUT2D eigenvalue weighted by Crippen LogP contribution is 2.74. The van der Waals surface area contributed by atoms with Crippen LogP contribution in [0.25, 0.3) is 0 Å². The molecule has 6 heteroatoms. The average molecular weight is 500 g/mol. The first kappa shape index (κ1) is 25.9. The summed E-state index contributed by atoms with van der Waals surface area (Å²) in [5.74, 6) is -0.519. The second kappa shape index (κ2) is 7.68. The van der Waals surface area contributed by atoms with Crippen LogP contribution in [0.15, 0.2) is 16.8 Å². The molecule has 6 nitrogen and oxygen atoms in total. The lowest BCUT2D eigenvalue weighted by Gasteiger charge is -2.70. The Balaban J connectivity index is 1.62. The topological polar surface area (TPSA) is 107 Å². The molecular formula is C30H45NO5. The predicted molar refractivity (Wildman–Crippen MR) is 138 cm³/mol. The summed E-state index contributed by atoms with van der Waals surface area (Å²) in [6.45, 7) is 13.1. The number of hydrogen-bond acceptors (Lipinski definition) is 5. The van der Waals surface area contributed by atoms with Gasteiger partial charge in [-0.1, -0.05) is 45.3 Å². The molecule has 0 bridgehead atoms. The van der Waals surface area contributed by atoms with Gasteiger partial charge in [-0.25, -0.2) is 0 Å². The van der Waals surface area contributed by atoms with Gasteiger partial charge in [0.15, 0.2) is 5.78 Å². The fourth-order valence-corrected chi connectivity index (χ4v) is 10.4. The molecule has 0 unspecified atom stereocenters. The fourth-order valence-electron chi connectivity index (χ4n) is 10.4. The third-order valence-electron chi connectivity index (χ3n) is 13.1. The molecule has 0 aromatic heterocycles. The van der Waals surface area contributed by atoms with Crippen LogP contribution < -0.4 is 0 Å². The lowest BCUT2D eigenvalue weighted by molar-refractivity contribution is -0.179. The Morgan fingerprint density at radius 1 is 1.03 bits per heavy atom. The maximum absolute atomic E-state index is 14.3. The largest absolute Gasteiger partial charge is 0.481 e. The van der Waals surface area contributed by atoms with Crippen LogP contribution in [0.5, 0.6) is 0 Å². The molecule has 0 saturated heterocycles. The van der Waals surface area contributed by atoms with Crippen molar-refractivity contribution in [2.45, 2.75) is 99.3 Å². The SMILES string of the molecule is C[C@]1(C(=O)O)CC[C@]2(C)CC[C@]3(C)C(=CC(=O)[C@@H]4[C@@]5(C)CC/C(=N\O)[C@@](C)(CO)[C@@H]5CC[C@]43C)[C@@H]2C1. The van der Waals surface area contributed by atoms with Crippen molar-refractivity contribution < 1.29 is 25.0 Å². The van der Waals surface area contributed by atoms with Gasteiger partial charge in [-0.05, 0) is 104 Å². The molecule has 0 aromatic carbocycles. The minimum Gasteiger partial charge on any atom is -0.481 e. The standard InChI is InChI=1S/C30H45NO5/c1-25-11-12-26(2,24(34)35)16-19(25)18-15-20(33)23-27(3)9-8-22(31-36)28(4,17-32)21(27)7-10-30(23,6)29(18,5)14-13-25/h15,19,21,23,32,36H,7-14,16-17H2,1-6H3,(H,34,35)/b31-22+/t19-,21+,23+,25+,26-,27-,28-,29+,30+/m0/s1. The van der Waals surface area contributed by atoms with Gasteiger partial charge in [0.2, 0.25) is 0 Å². The van der Waals surface area contributed by atoms with Crippen molar-refractivity contribution in [1.29, 1.82) is 0 Å². The van der Waals surface area contributed by atoms with E-state index in [9.17, 15) is 25.0 Å². The molecule has 0 aromatic rings. The summed E-state index contributed by atoms with van der Waals surface area (Å²) in [5.41, 5.74) is -0.172. The number of aliphatic hydroxyl groups is 1. The third-order valence-corrected chi connectivity index (χ3v) is 13.1. The van der Waals surface area contributed by atoms with Gasteiger partial charge in [0.05, 0.1) is 17.7 Å². The van der Waals surface area contributed by atoms with Crippen molar-refractivity contribution in [2.75, 3.05) is 6.61 Å². The van der Waals surface area contributed by atoms with E-state index in [1.807, 2.05) is 19.9 Å². The van der Waals surface area contributed by atoms with E-state index in [0.29, 0.717) is 25.0 Å². The molecule has 9 atom stereocenters. The highest BCUT2D eigenvalue weighted by molar-refractivity contribution is 5.97. The van der Waals surface area contributed by atoms with Crippen LogP contribution in [0.2, 0.25) is 0 Å². The normalized spacial score (nSPS) is 53.5. The lowest BCUT2D eigenvalue weighted by atomic mass is 9.33. The van der Waals surface area contributed by atoms with Crippen LogP contribution in [-0.2, 0) is 9.59 Å². The maximum Gasteiger partial charge on any atom is 0.309 e. The van der Waals surface area contributed by atoms with Crippen LogP contribution in [0, 0.1) is 50.2 Å². The van der Waals surface area contributed by atoms with Crippen molar-refractivity contribution in [2.24, 2.45) is 55.4 Å². The summed E-state index contributed by atoms with van der Waals surface area (Å²) in [4.78, 5) is 26.5. The molecule has 4 saturated carbocycles. The monoisotopic (exact) mass is 499 g/mol. The second-order valence-electron chi connectivity index (χ2n) is 14.7. The highest BCUT2D eigenvalue weighted by Gasteiger charge is 2.70. The van der Waals surface area contributed by atoms with E-state index in [4.69, 9.17) is 0 Å². The summed E-state index contributed by atoms with van der Waals surface area (Å²) < 4.78 is 0. The van der Waals surface area contributed by atoms with Crippen molar-refractivity contribution in [1.82, 2.24) is 0 Å². The van der Waals surface area contributed by atoms with Crippen LogP contribution >= 0.6 is 0 Å². The molecule has 5 rings (SSSR count). The van der Waals surface area contributed by atoms with Gasteiger partial charge >= 0.3 is 5.97 Å². The Morgan fingerprint density at radius 2 is 1.69 bits per heavy atom. The van der Waals surface area contributed by atoms with Crippen LogP contribution in [0.1, 0.15) is 99.3 Å². The van der Waals surface area contributed by atoms with Gasteiger partial charge in [0.25, 0.3) is 0 Å². The summed E-state index contributed by atoms with van der Waals surface area (Å²) in [6, 6.07) is 0. The van der Waals surface area contributed by atoms with E-state index in [-0.39, 0.29) is 51.8 Å². The van der Waals surface area contributed by atoms with E-state index in [2.05, 4.69) is 32.9 Å². The fraction of sp³-hybridized carbons (Fsp3) is 0.833. The number of nitrogens with zero attached hydrogens (tertiary/aromatic N) is 1. The Labute approximate surface area is 215 Å². The molecule has 36 heavy (non-hydrogen) atoms. The molecule has 0 aliphatic heterocycles. The number of allylic oxidation sites excluding steroid dienone is 2. The minimum absolute atomic E-state index is 0.0394. The van der Waals surface area contributed by atoms with Gasteiger partial charge in [0, 0.05) is 11.3 Å². The van der Waals surface area contributed by atoms with Crippen molar-refractivity contribution in [3.8, 4) is 0 Å². The first-order valence-electron chi connectivity index (χ1n) is 14.0. The minimum atomic E-state index is -0.750. The average Bonchev–Trinajstić information content (AvgIpc) is 2.81. The van der Waals surface area contributed by atoms with E-state index < -0.39 is 16.8 Å². The van der Waals surface area contributed by atoms with Gasteiger partial charge < -0.3 is 15.4 Å². The number of aliphatic carboxylic acids is 1. The lowest BCUT2D eigenvalue weighted by Crippen LogP contribution is -2.67. The molecule has 4 fully saturated rings. The molecule has 0 amide bonds. The summed E-state index contributed by atoms with van der Waals surface area (Å²) >= 11 is 0. The summed E-state index contributed by atoms with van der Waals surface area (Å²) in [5, 5.41) is 33.9. The maximum atomic E-state index is 14.3. The smallest absolute Gasteiger partial charge is 0.309 e.